The van der Waals surface area contributed by atoms with E-state index in [1.807, 2.05) is 6.07 Å². The van der Waals surface area contributed by atoms with Crippen LogP contribution < -0.4 is 4.72 Å². The Bertz CT molecular complexity index is 660. The van der Waals surface area contributed by atoms with Crippen LogP contribution in [0, 0.1) is 0 Å². The molecule has 1 heterocycles. The Kier molecular flexibility index (Phi) is 3.20. The molecule has 5 nitrogen and oxygen atoms in total. The number of imidazole rings is 1. The summed E-state index contributed by atoms with van der Waals surface area (Å²) in [6.07, 6.45) is 4.35. The van der Waals surface area contributed by atoms with E-state index < -0.39 is 10.0 Å². The minimum absolute atomic E-state index is 0.510. The molecule has 0 aliphatic heterocycles. The zero-order chi connectivity index (χ0) is 13.2. The third-order valence-corrected chi connectivity index (χ3v) is 2.94. The quantitative estimate of drug-likeness (QED) is 0.883. The van der Waals surface area contributed by atoms with E-state index in [1.54, 1.807) is 30.7 Å². The molecule has 18 heavy (non-hydrogen) atoms. The lowest BCUT2D eigenvalue weighted by molar-refractivity contribution is 0.607. The molecule has 0 radical (unpaired) electrons. The number of hydrogen-bond acceptors (Lipinski definition) is 3. The van der Waals surface area contributed by atoms with Crippen molar-refractivity contribution in [2.75, 3.05) is 11.0 Å². The fraction of sp³-hybridized carbons (Fsp3) is 0.0833. The molecule has 2 aromatic rings. The van der Waals surface area contributed by atoms with E-state index in [0.29, 0.717) is 5.69 Å². The number of nitrogens with zero attached hydrogens (tertiary/aromatic N) is 1. The highest BCUT2D eigenvalue weighted by molar-refractivity contribution is 7.92. The van der Waals surface area contributed by atoms with Crippen LogP contribution in [0.1, 0.15) is 11.3 Å². The predicted octanol–water partition coefficient (Wildman–Crippen LogP) is 1.84. The Morgan fingerprint density at radius 2 is 2.22 bits per heavy atom. The number of sulfonamides is 1. The zero-order valence-electron chi connectivity index (χ0n) is 9.84. The van der Waals surface area contributed by atoms with Crippen molar-refractivity contribution >= 4 is 21.3 Å². The fourth-order valence-corrected chi connectivity index (χ4v) is 2.12. The fourth-order valence-electron chi connectivity index (χ4n) is 1.56. The molecule has 0 aliphatic rings. The van der Waals surface area contributed by atoms with Crippen LogP contribution in [0.2, 0.25) is 0 Å². The van der Waals surface area contributed by atoms with Crippen LogP contribution in [-0.4, -0.2) is 24.6 Å². The Morgan fingerprint density at radius 3 is 2.83 bits per heavy atom. The van der Waals surface area contributed by atoms with Crippen molar-refractivity contribution in [2.24, 2.45) is 0 Å². The van der Waals surface area contributed by atoms with Crippen LogP contribution in [0.4, 0.5) is 5.69 Å². The maximum absolute atomic E-state index is 11.2. The van der Waals surface area contributed by atoms with Gasteiger partial charge in [-0.3, -0.25) is 4.72 Å². The average molecular weight is 263 g/mol. The average Bonchev–Trinajstić information content (AvgIpc) is 2.79. The first-order chi connectivity index (χ1) is 8.46. The molecule has 0 unspecified atom stereocenters. The second-order valence-corrected chi connectivity index (χ2v) is 5.65. The molecular weight excluding hydrogens is 250 g/mol. The third kappa shape index (κ3) is 2.98. The van der Waals surface area contributed by atoms with Crippen LogP contribution in [0.15, 0.2) is 43.4 Å². The van der Waals surface area contributed by atoms with Crippen LogP contribution in [-0.2, 0) is 10.0 Å². The van der Waals surface area contributed by atoms with Gasteiger partial charge in [0.25, 0.3) is 0 Å². The van der Waals surface area contributed by atoms with Crippen LogP contribution >= 0.6 is 0 Å². The van der Waals surface area contributed by atoms with Crippen molar-refractivity contribution in [1.82, 2.24) is 9.97 Å². The largest absolute Gasteiger partial charge is 0.345 e. The van der Waals surface area contributed by atoms with E-state index in [2.05, 4.69) is 21.3 Å². The van der Waals surface area contributed by atoms with E-state index >= 15 is 0 Å². The summed E-state index contributed by atoms with van der Waals surface area (Å²) in [5.41, 5.74) is 2.89. The first-order valence-corrected chi connectivity index (χ1v) is 7.11. The van der Waals surface area contributed by atoms with Crippen molar-refractivity contribution in [1.29, 1.82) is 0 Å². The van der Waals surface area contributed by atoms with Crippen molar-refractivity contribution < 1.29 is 8.42 Å². The van der Waals surface area contributed by atoms with Gasteiger partial charge >= 0.3 is 0 Å². The lowest BCUT2D eigenvalue weighted by atomic mass is 10.0. The maximum atomic E-state index is 11.2. The first-order valence-electron chi connectivity index (χ1n) is 5.21. The topological polar surface area (TPSA) is 74.8 Å². The number of anilines is 1. The molecule has 0 atom stereocenters. The van der Waals surface area contributed by atoms with Crippen LogP contribution in [0.25, 0.3) is 5.57 Å². The van der Waals surface area contributed by atoms with Gasteiger partial charge in [0.2, 0.25) is 10.0 Å². The first kappa shape index (κ1) is 12.4. The normalized spacial score (nSPS) is 11.2. The van der Waals surface area contributed by atoms with Gasteiger partial charge in [0.05, 0.1) is 24.5 Å². The standard InChI is InChI=1S/C12H13N3O2S/c1-9(12-7-13-8-14-12)10-4-3-5-11(6-10)15-18(2,16)17/h3-8,15H,1H2,2H3,(H,13,14). The molecule has 0 saturated carbocycles. The van der Waals surface area contributed by atoms with E-state index in [9.17, 15) is 8.42 Å². The summed E-state index contributed by atoms with van der Waals surface area (Å²) in [6.45, 7) is 3.96. The van der Waals surface area contributed by atoms with Crippen molar-refractivity contribution in [2.45, 2.75) is 0 Å². The molecule has 0 aliphatic carbocycles. The van der Waals surface area contributed by atoms with Crippen molar-refractivity contribution in [3.63, 3.8) is 0 Å². The summed E-state index contributed by atoms with van der Waals surface area (Å²) in [7, 11) is -3.27. The summed E-state index contributed by atoms with van der Waals surface area (Å²) >= 11 is 0. The number of benzene rings is 1. The van der Waals surface area contributed by atoms with Gasteiger partial charge in [0, 0.05) is 5.69 Å². The summed E-state index contributed by atoms with van der Waals surface area (Å²) in [5, 5.41) is 0. The van der Waals surface area contributed by atoms with Crippen LogP contribution in [0.3, 0.4) is 0 Å². The van der Waals surface area contributed by atoms with Gasteiger partial charge in [0.1, 0.15) is 0 Å². The number of hydrogen-bond donors (Lipinski definition) is 2. The predicted molar refractivity (Wildman–Crippen MR) is 71.6 cm³/mol. The van der Waals surface area contributed by atoms with Gasteiger partial charge in [-0.05, 0) is 23.3 Å². The zero-order valence-corrected chi connectivity index (χ0v) is 10.7. The number of nitrogens with one attached hydrogen (secondary N) is 2. The molecule has 2 rings (SSSR count). The number of aromatic amines is 1. The summed E-state index contributed by atoms with van der Waals surface area (Å²) in [4.78, 5) is 6.88. The maximum Gasteiger partial charge on any atom is 0.229 e. The molecule has 0 spiro atoms. The SMILES string of the molecule is C=C(c1cccc(NS(C)(=O)=O)c1)c1cnc[nH]1. The number of rotatable bonds is 4. The van der Waals surface area contributed by atoms with Gasteiger partial charge in [-0.1, -0.05) is 18.7 Å². The Labute approximate surface area is 106 Å². The monoisotopic (exact) mass is 263 g/mol. The summed E-state index contributed by atoms with van der Waals surface area (Å²) < 4.78 is 24.7. The van der Waals surface area contributed by atoms with E-state index in [4.69, 9.17) is 0 Å². The summed E-state index contributed by atoms with van der Waals surface area (Å²) in [5.74, 6) is 0. The van der Waals surface area contributed by atoms with E-state index in [1.165, 1.54) is 0 Å². The molecule has 6 heteroatoms. The van der Waals surface area contributed by atoms with Crippen LogP contribution in [0.5, 0.6) is 0 Å². The van der Waals surface area contributed by atoms with Crippen molar-refractivity contribution in [3.8, 4) is 0 Å². The Morgan fingerprint density at radius 1 is 1.44 bits per heavy atom. The highest BCUT2D eigenvalue weighted by atomic mass is 32.2. The minimum Gasteiger partial charge on any atom is -0.345 e. The van der Waals surface area contributed by atoms with Gasteiger partial charge in [-0.25, -0.2) is 13.4 Å². The molecular formula is C12H13N3O2S. The molecule has 94 valence electrons. The Balaban J connectivity index is 2.30. The van der Waals surface area contributed by atoms with Gasteiger partial charge in [-0.2, -0.15) is 0 Å². The molecule has 0 saturated heterocycles. The smallest absolute Gasteiger partial charge is 0.229 e. The number of H-pyrrole nitrogens is 1. The highest BCUT2D eigenvalue weighted by Crippen LogP contribution is 2.22. The molecule has 0 amide bonds. The Hall–Kier alpha value is -2.08. The van der Waals surface area contributed by atoms with Gasteiger partial charge in [0.15, 0.2) is 0 Å². The molecule has 0 fully saturated rings. The molecule has 1 aromatic heterocycles. The van der Waals surface area contributed by atoms with E-state index in [0.717, 1.165) is 23.1 Å². The molecule has 2 N–H and O–H groups in total. The second kappa shape index (κ2) is 4.66. The summed E-state index contributed by atoms with van der Waals surface area (Å²) in [6, 6.07) is 7.04. The minimum atomic E-state index is -3.27. The van der Waals surface area contributed by atoms with Gasteiger partial charge < -0.3 is 4.98 Å². The number of aromatic nitrogens is 2. The van der Waals surface area contributed by atoms with E-state index in [-0.39, 0.29) is 0 Å². The van der Waals surface area contributed by atoms with Crippen molar-refractivity contribution in [3.05, 3.63) is 54.6 Å². The lowest BCUT2D eigenvalue weighted by Crippen LogP contribution is -2.09. The molecule has 0 bridgehead atoms. The second-order valence-electron chi connectivity index (χ2n) is 3.90. The third-order valence-electron chi connectivity index (χ3n) is 2.34. The molecule has 1 aromatic carbocycles. The highest BCUT2D eigenvalue weighted by Gasteiger charge is 2.06. The lowest BCUT2D eigenvalue weighted by Gasteiger charge is -2.07. The van der Waals surface area contributed by atoms with Gasteiger partial charge in [-0.15, -0.1) is 0 Å².